The molecule has 0 aliphatic rings. The van der Waals surface area contributed by atoms with Crippen LogP contribution < -0.4 is 5.32 Å². The molecule has 2 aromatic rings. The van der Waals surface area contributed by atoms with Gasteiger partial charge in [-0.1, -0.05) is 23.7 Å². The third-order valence-electron chi connectivity index (χ3n) is 2.47. The van der Waals surface area contributed by atoms with E-state index >= 15 is 0 Å². The van der Waals surface area contributed by atoms with Crippen LogP contribution in [0.5, 0.6) is 0 Å². The Kier molecular flexibility index (Phi) is 4.24. The molecule has 17 heavy (non-hydrogen) atoms. The highest BCUT2D eigenvalue weighted by atomic mass is 35.5. The zero-order valence-electron chi connectivity index (χ0n) is 9.40. The molecule has 0 bridgehead atoms. The minimum atomic E-state index is 0.286. The maximum atomic E-state index is 5.87. The fourth-order valence-corrected chi connectivity index (χ4v) is 2.57. The van der Waals surface area contributed by atoms with Gasteiger partial charge in [-0.05, 0) is 42.1 Å². The monoisotopic (exact) mass is 263 g/mol. The van der Waals surface area contributed by atoms with Gasteiger partial charge in [0.15, 0.2) is 0 Å². The maximum absolute atomic E-state index is 5.87. The summed E-state index contributed by atoms with van der Waals surface area (Å²) in [6.45, 7) is 3.81. The van der Waals surface area contributed by atoms with Crippen LogP contribution >= 0.6 is 22.9 Å². The van der Waals surface area contributed by atoms with E-state index in [0.29, 0.717) is 0 Å². The van der Waals surface area contributed by atoms with Crippen LogP contribution in [0.1, 0.15) is 17.3 Å². The number of benzene rings is 1. The van der Waals surface area contributed by atoms with Crippen molar-refractivity contribution in [2.24, 2.45) is 0 Å². The molecular weight excluding hydrogens is 250 g/mol. The molecule has 1 N–H and O–H groups in total. The van der Waals surface area contributed by atoms with E-state index in [9.17, 15) is 0 Å². The molecule has 1 aromatic carbocycles. The fraction of sp³-hybridized carbons (Fsp3) is 0.143. The Balaban J connectivity index is 2.13. The molecule has 0 radical (unpaired) electrons. The first-order valence-corrected chi connectivity index (χ1v) is 6.72. The van der Waals surface area contributed by atoms with Gasteiger partial charge in [-0.15, -0.1) is 17.9 Å². The van der Waals surface area contributed by atoms with Gasteiger partial charge >= 0.3 is 0 Å². The predicted octanol–water partition coefficient (Wildman–Crippen LogP) is 5.13. The number of hydrogen-bond donors (Lipinski definition) is 1. The third-order valence-corrected chi connectivity index (χ3v) is 3.71. The topological polar surface area (TPSA) is 12.0 Å². The van der Waals surface area contributed by atoms with Crippen LogP contribution in [-0.2, 0) is 0 Å². The Morgan fingerprint density at radius 3 is 2.65 bits per heavy atom. The van der Waals surface area contributed by atoms with Crippen LogP contribution in [0.25, 0.3) is 0 Å². The van der Waals surface area contributed by atoms with Crippen LogP contribution in [0, 0.1) is 0 Å². The van der Waals surface area contributed by atoms with Crippen molar-refractivity contribution in [1.29, 1.82) is 0 Å². The van der Waals surface area contributed by atoms with Gasteiger partial charge in [0.1, 0.15) is 0 Å². The molecule has 1 heterocycles. The molecule has 88 valence electrons. The van der Waals surface area contributed by atoms with Crippen molar-refractivity contribution in [2.75, 3.05) is 5.32 Å². The van der Waals surface area contributed by atoms with E-state index in [4.69, 9.17) is 11.6 Å². The van der Waals surface area contributed by atoms with Crippen molar-refractivity contribution >= 4 is 28.6 Å². The molecule has 0 aliphatic carbocycles. The van der Waals surface area contributed by atoms with E-state index in [1.54, 1.807) is 11.3 Å². The number of rotatable bonds is 5. The second-order valence-electron chi connectivity index (χ2n) is 3.74. The van der Waals surface area contributed by atoms with Gasteiger partial charge in [-0.25, -0.2) is 0 Å². The number of halogens is 1. The van der Waals surface area contributed by atoms with E-state index in [1.165, 1.54) is 4.88 Å². The Hall–Kier alpha value is -1.25. The standard InChI is InChI=1S/C14H14ClNS/c1-2-4-13(14-5-3-10-17-14)16-12-8-6-11(15)7-9-12/h2-3,5-10,13,16H,1,4H2. The van der Waals surface area contributed by atoms with Crippen LogP contribution in [-0.4, -0.2) is 0 Å². The number of hydrogen-bond acceptors (Lipinski definition) is 2. The minimum Gasteiger partial charge on any atom is -0.377 e. The van der Waals surface area contributed by atoms with Gasteiger partial charge in [0.2, 0.25) is 0 Å². The summed E-state index contributed by atoms with van der Waals surface area (Å²) in [5, 5.41) is 6.34. The fourth-order valence-electron chi connectivity index (χ4n) is 1.65. The first-order chi connectivity index (χ1) is 8.29. The molecule has 1 atom stereocenters. The normalized spacial score (nSPS) is 12.1. The average Bonchev–Trinajstić information content (AvgIpc) is 2.85. The molecule has 1 unspecified atom stereocenters. The lowest BCUT2D eigenvalue weighted by Crippen LogP contribution is -2.08. The van der Waals surface area contributed by atoms with Crippen LogP contribution in [0.15, 0.2) is 54.4 Å². The van der Waals surface area contributed by atoms with E-state index in [-0.39, 0.29) is 6.04 Å². The smallest absolute Gasteiger partial charge is 0.0640 e. The molecule has 0 saturated heterocycles. The second kappa shape index (κ2) is 5.89. The predicted molar refractivity (Wildman–Crippen MR) is 76.9 cm³/mol. The number of thiophene rings is 1. The van der Waals surface area contributed by atoms with Crippen LogP contribution in [0.2, 0.25) is 5.02 Å². The summed E-state index contributed by atoms with van der Waals surface area (Å²) in [5.74, 6) is 0. The summed E-state index contributed by atoms with van der Waals surface area (Å²) in [6.07, 6.45) is 2.84. The molecule has 1 nitrogen and oxygen atoms in total. The molecular formula is C14H14ClNS. The molecule has 3 heteroatoms. The Bertz CT molecular complexity index is 461. The zero-order chi connectivity index (χ0) is 12.1. The van der Waals surface area contributed by atoms with Gasteiger partial charge in [0.25, 0.3) is 0 Å². The Morgan fingerprint density at radius 2 is 2.06 bits per heavy atom. The molecule has 0 aliphatic heterocycles. The van der Waals surface area contributed by atoms with Crippen molar-refractivity contribution < 1.29 is 0 Å². The SMILES string of the molecule is C=CCC(Nc1ccc(Cl)cc1)c1cccs1. The highest BCUT2D eigenvalue weighted by Crippen LogP contribution is 2.27. The molecule has 0 fully saturated rings. The summed E-state index contributed by atoms with van der Waals surface area (Å²) >= 11 is 7.62. The van der Waals surface area contributed by atoms with Crippen molar-refractivity contribution in [2.45, 2.75) is 12.5 Å². The second-order valence-corrected chi connectivity index (χ2v) is 5.16. The van der Waals surface area contributed by atoms with Crippen molar-refractivity contribution in [3.8, 4) is 0 Å². The quantitative estimate of drug-likeness (QED) is 0.738. The van der Waals surface area contributed by atoms with E-state index < -0.39 is 0 Å². The van der Waals surface area contributed by atoms with Crippen molar-refractivity contribution in [3.63, 3.8) is 0 Å². The van der Waals surface area contributed by atoms with Crippen LogP contribution in [0.3, 0.4) is 0 Å². The third kappa shape index (κ3) is 3.35. The highest BCUT2D eigenvalue weighted by molar-refractivity contribution is 7.10. The first-order valence-electron chi connectivity index (χ1n) is 5.46. The lowest BCUT2D eigenvalue weighted by atomic mass is 10.1. The summed E-state index contributed by atoms with van der Waals surface area (Å²) in [7, 11) is 0. The summed E-state index contributed by atoms with van der Waals surface area (Å²) in [4.78, 5) is 1.32. The van der Waals surface area contributed by atoms with Crippen molar-refractivity contribution in [3.05, 3.63) is 64.3 Å². The Labute approximate surface area is 111 Å². The van der Waals surface area contributed by atoms with Gasteiger partial charge < -0.3 is 5.32 Å². The lowest BCUT2D eigenvalue weighted by Gasteiger charge is -2.17. The first kappa shape index (κ1) is 12.2. The van der Waals surface area contributed by atoms with E-state index in [1.807, 2.05) is 30.3 Å². The van der Waals surface area contributed by atoms with Crippen molar-refractivity contribution in [1.82, 2.24) is 0 Å². The van der Waals surface area contributed by atoms with Gasteiger partial charge in [0.05, 0.1) is 6.04 Å². The van der Waals surface area contributed by atoms with Crippen LogP contribution in [0.4, 0.5) is 5.69 Å². The highest BCUT2D eigenvalue weighted by Gasteiger charge is 2.10. The lowest BCUT2D eigenvalue weighted by molar-refractivity contribution is 0.817. The minimum absolute atomic E-state index is 0.286. The van der Waals surface area contributed by atoms with Gasteiger partial charge in [0, 0.05) is 15.6 Å². The number of nitrogens with one attached hydrogen (secondary N) is 1. The maximum Gasteiger partial charge on any atom is 0.0640 e. The molecule has 0 spiro atoms. The molecule has 0 saturated carbocycles. The summed E-state index contributed by atoms with van der Waals surface area (Å²) in [6, 6.07) is 12.3. The average molecular weight is 264 g/mol. The van der Waals surface area contributed by atoms with Gasteiger partial charge in [-0.2, -0.15) is 0 Å². The molecule has 1 aromatic heterocycles. The molecule has 2 rings (SSSR count). The van der Waals surface area contributed by atoms with Gasteiger partial charge in [-0.3, -0.25) is 0 Å². The van der Waals surface area contributed by atoms with E-state index in [2.05, 4.69) is 29.4 Å². The zero-order valence-corrected chi connectivity index (χ0v) is 11.0. The number of anilines is 1. The summed E-state index contributed by atoms with van der Waals surface area (Å²) < 4.78 is 0. The summed E-state index contributed by atoms with van der Waals surface area (Å²) in [5.41, 5.74) is 1.08. The Morgan fingerprint density at radius 1 is 1.29 bits per heavy atom. The van der Waals surface area contributed by atoms with E-state index in [0.717, 1.165) is 17.1 Å². The molecule has 0 amide bonds. The largest absolute Gasteiger partial charge is 0.377 e.